The molecule has 5 heteroatoms. The molecule has 3 aromatic heterocycles. The molecule has 5 aromatic carbocycles. The third-order valence-electron chi connectivity index (χ3n) is 13.0. The Balaban J connectivity index is 0.966. The van der Waals surface area contributed by atoms with E-state index < -0.39 is 0 Å². The lowest BCUT2D eigenvalue weighted by Gasteiger charge is -2.57. The molecule has 4 fully saturated rings. The smallest absolute Gasteiger partial charge is 0.164 e. The van der Waals surface area contributed by atoms with E-state index >= 15 is 0 Å². The zero-order valence-corrected chi connectivity index (χ0v) is 32.4. The average molecular weight is 750 g/mol. The number of pyridine rings is 2. The first-order chi connectivity index (χ1) is 28.6. The Labute approximate surface area is 340 Å². The molecule has 0 aliphatic heterocycles. The van der Waals surface area contributed by atoms with E-state index in [1.54, 1.807) is 0 Å². The molecule has 280 valence electrons. The molecule has 5 nitrogen and oxygen atoms in total. The lowest BCUT2D eigenvalue weighted by atomic mass is 9.48. The van der Waals surface area contributed by atoms with Crippen molar-refractivity contribution in [1.29, 1.82) is 0 Å². The van der Waals surface area contributed by atoms with Crippen LogP contribution in [0.1, 0.15) is 44.1 Å². The summed E-state index contributed by atoms with van der Waals surface area (Å²) >= 11 is 0. The van der Waals surface area contributed by atoms with Gasteiger partial charge in [0.2, 0.25) is 0 Å². The first-order valence-electron chi connectivity index (χ1n) is 20.7. The molecule has 0 amide bonds. The van der Waals surface area contributed by atoms with Crippen molar-refractivity contribution in [2.75, 3.05) is 0 Å². The molecule has 12 rings (SSSR count). The zero-order chi connectivity index (χ0) is 38.5. The topological polar surface area (TPSA) is 64.5 Å². The van der Waals surface area contributed by atoms with Crippen LogP contribution in [0.15, 0.2) is 170 Å². The molecule has 58 heavy (non-hydrogen) atoms. The van der Waals surface area contributed by atoms with Gasteiger partial charge in [-0.2, -0.15) is 0 Å². The van der Waals surface area contributed by atoms with E-state index in [9.17, 15) is 0 Å². The molecule has 3 heterocycles. The number of nitrogens with zero attached hydrogens (tertiary/aromatic N) is 5. The largest absolute Gasteiger partial charge is 0.256 e. The molecular formula is C53H43N5. The van der Waals surface area contributed by atoms with Crippen molar-refractivity contribution in [2.24, 2.45) is 17.8 Å². The van der Waals surface area contributed by atoms with Crippen LogP contribution in [0.3, 0.4) is 0 Å². The highest BCUT2D eigenvalue weighted by molar-refractivity contribution is 5.83. The third kappa shape index (κ3) is 6.41. The van der Waals surface area contributed by atoms with Gasteiger partial charge in [0.1, 0.15) is 0 Å². The Morgan fingerprint density at radius 1 is 0.345 bits per heavy atom. The van der Waals surface area contributed by atoms with Gasteiger partial charge in [-0.05, 0) is 90.5 Å². The van der Waals surface area contributed by atoms with Crippen molar-refractivity contribution >= 4 is 0 Å². The predicted octanol–water partition coefficient (Wildman–Crippen LogP) is 12.8. The molecule has 4 aliphatic carbocycles. The Morgan fingerprint density at radius 2 is 0.707 bits per heavy atom. The van der Waals surface area contributed by atoms with Crippen LogP contribution >= 0.6 is 0 Å². The Morgan fingerprint density at radius 3 is 1.10 bits per heavy atom. The van der Waals surface area contributed by atoms with Gasteiger partial charge in [-0.3, -0.25) is 9.97 Å². The Hall–Kier alpha value is -6.59. The first kappa shape index (κ1) is 34.6. The molecule has 0 unspecified atom stereocenters. The minimum atomic E-state index is 0.343. The quantitative estimate of drug-likeness (QED) is 0.155. The van der Waals surface area contributed by atoms with Gasteiger partial charge >= 0.3 is 0 Å². The zero-order valence-electron chi connectivity index (χ0n) is 32.4. The van der Waals surface area contributed by atoms with Crippen molar-refractivity contribution in [3.05, 3.63) is 176 Å². The average Bonchev–Trinajstić information content (AvgIpc) is 3.29. The summed E-state index contributed by atoms with van der Waals surface area (Å²) in [6.45, 7) is 0. The summed E-state index contributed by atoms with van der Waals surface area (Å²) in [6.07, 6.45) is 12.1. The van der Waals surface area contributed by atoms with Crippen LogP contribution in [0, 0.1) is 17.8 Å². The number of benzene rings is 5. The van der Waals surface area contributed by atoms with Crippen LogP contribution in [-0.2, 0) is 5.41 Å². The van der Waals surface area contributed by atoms with Crippen LogP contribution in [0.4, 0.5) is 0 Å². The van der Waals surface area contributed by atoms with Crippen molar-refractivity contribution in [1.82, 2.24) is 24.9 Å². The van der Waals surface area contributed by atoms with Crippen molar-refractivity contribution in [3.63, 3.8) is 0 Å². The summed E-state index contributed by atoms with van der Waals surface area (Å²) in [6, 6.07) is 55.3. The number of rotatable bonds is 8. The maximum absolute atomic E-state index is 5.16. The molecule has 4 bridgehead atoms. The predicted molar refractivity (Wildman–Crippen MR) is 233 cm³/mol. The maximum atomic E-state index is 5.16. The summed E-state index contributed by atoms with van der Waals surface area (Å²) < 4.78 is 0. The Kier molecular flexibility index (Phi) is 8.61. The van der Waals surface area contributed by atoms with E-state index in [2.05, 4.69) is 133 Å². The van der Waals surface area contributed by atoms with Gasteiger partial charge in [0.05, 0.1) is 11.4 Å². The summed E-state index contributed by atoms with van der Waals surface area (Å²) in [5.74, 6) is 4.70. The van der Waals surface area contributed by atoms with Crippen LogP contribution in [0.25, 0.3) is 78.9 Å². The highest BCUT2D eigenvalue weighted by Gasteiger charge is 2.51. The van der Waals surface area contributed by atoms with Crippen molar-refractivity contribution in [2.45, 2.75) is 43.9 Å². The van der Waals surface area contributed by atoms with Gasteiger partial charge in [-0.1, -0.05) is 146 Å². The van der Waals surface area contributed by atoms with E-state index in [-0.39, 0.29) is 0 Å². The highest BCUT2D eigenvalue weighted by atomic mass is 15.0. The third-order valence-corrected chi connectivity index (χ3v) is 13.0. The number of aromatic nitrogens is 5. The van der Waals surface area contributed by atoms with Crippen LogP contribution in [0.2, 0.25) is 0 Å². The molecule has 0 radical (unpaired) electrons. The first-order valence-corrected chi connectivity index (χ1v) is 20.7. The van der Waals surface area contributed by atoms with E-state index in [1.807, 2.05) is 36.7 Å². The minimum Gasteiger partial charge on any atom is -0.256 e. The molecule has 0 spiro atoms. The summed E-state index contributed by atoms with van der Waals surface area (Å²) in [5.41, 5.74) is 13.2. The van der Waals surface area contributed by atoms with Crippen molar-refractivity contribution in [3.8, 4) is 78.9 Å². The van der Waals surface area contributed by atoms with Gasteiger partial charge in [-0.15, -0.1) is 0 Å². The van der Waals surface area contributed by atoms with Gasteiger partial charge in [0, 0.05) is 51.3 Å². The second kappa shape index (κ2) is 14.4. The molecular weight excluding hydrogens is 707 g/mol. The van der Waals surface area contributed by atoms with Gasteiger partial charge in [0.15, 0.2) is 17.5 Å². The highest BCUT2D eigenvalue weighted by Crippen LogP contribution is 2.60. The van der Waals surface area contributed by atoms with Crippen LogP contribution in [0.5, 0.6) is 0 Å². The van der Waals surface area contributed by atoms with Crippen LogP contribution in [-0.4, -0.2) is 24.9 Å². The lowest BCUT2D eigenvalue weighted by molar-refractivity contribution is -0.00518. The summed E-state index contributed by atoms with van der Waals surface area (Å²) in [5, 5.41) is 0. The van der Waals surface area contributed by atoms with Crippen molar-refractivity contribution < 1.29 is 0 Å². The fourth-order valence-corrected chi connectivity index (χ4v) is 10.7. The van der Waals surface area contributed by atoms with Gasteiger partial charge in [0.25, 0.3) is 0 Å². The molecule has 0 N–H and O–H groups in total. The fraction of sp³-hybridized carbons (Fsp3) is 0.189. The molecule has 4 saturated carbocycles. The lowest BCUT2D eigenvalue weighted by Crippen LogP contribution is -2.48. The maximum Gasteiger partial charge on any atom is 0.164 e. The second-order valence-corrected chi connectivity index (χ2v) is 16.8. The molecule has 8 aromatic rings. The SMILES string of the molecule is c1ccc(-c2ncccc2-c2ccc(-c3nc(-c4ccc(-c5cccnc5-c5ccccc5)cc4)nc(-c4ccc(C56CC7CC(CC(C7)C5)C6)cc4)n3)cc2)cc1. The second-order valence-electron chi connectivity index (χ2n) is 16.8. The monoisotopic (exact) mass is 749 g/mol. The molecule has 0 saturated heterocycles. The van der Waals surface area contributed by atoms with Gasteiger partial charge in [-0.25, -0.2) is 15.0 Å². The summed E-state index contributed by atoms with van der Waals surface area (Å²) in [4.78, 5) is 25.0. The number of hydrogen-bond donors (Lipinski definition) is 0. The van der Waals surface area contributed by atoms with E-state index in [0.717, 1.165) is 79.2 Å². The standard InChI is InChI=1S/C53H43N5/c1-3-9-40(10-4-1)48-46(13-7-27-54-48)38-15-19-42(20-16-38)50-56-51(43-21-17-39(18-22-43)47-14-8-28-55-49(47)41-11-5-2-6-12-41)58-52(57-50)44-23-25-45(26-24-44)53-32-35-29-36(33-53)31-37(30-35)34-53/h1-28,35-37H,29-34H2. The normalized spacial score (nSPS) is 20.6. The van der Waals surface area contributed by atoms with E-state index in [1.165, 1.54) is 44.1 Å². The summed E-state index contributed by atoms with van der Waals surface area (Å²) in [7, 11) is 0. The van der Waals surface area contributed by atoms with E-state index in [0.29, 0.717) is 22.9 Å². The Bertz CT molecular complexity index is 2550. The minimum absolute atomic E-state index is 0.343. The van der Waals surface area contributed by atoms with E-state index in [4.69, 9.17) is 24.9 Å². The molecule has 0 atom stereocenters. The molecule has 4 aliphatic rings. The number of hydrogen-bond acceptors (Lipinski definition) is 5. The van der Waals surface area contributed by atoms with Gasteiger partial charge < -0.3 is 0 Å². The fourth-order valence-electron chi connectivity index (χ4n) is 10.7. The van der Waals surface area contributed by atoms with Crippen LogP contribution < -0.4 is 0 Å².